The Morgan fingerprint density at radius 3 is 2.65 bits per heavy atom. The monoisotopic (exact) mass is 380 g/mol. The van der Waals surface area contributed by atoms with Gasteiger partial charge in [0.2, 0.25) is 5.91 Å². The Morgan fingerprint density at radius 2 is 2.04 bits per heavy atom. The Morgan fingerprint density at radius 1 is 1.31 bits per heavy atom. The fourth-order valence-corrected chi connectivity index (χ4v) is 2.79. The number of benzene rings is 2. The van der Waals surface area contributed by atoms with Gasteiger partial charge in [-0.05, 0) is 54.8 Å². The number of carbonyl (C=O) groups is 1. The number of amides is 1. The molecule has 1 aliphatic rings. The van der Waals surface area contributed by atoms with Crippen molar-refractivity contribution in [3.05, 3.63) is 59.4 Å². The van der Waals surface area contributed by atoms with E-state index < -0.39 is 6.10 Å². The van der Waals surface area contributed by atoms with E-state index in [0.29, 0.717) is 31.0 Å². The molecule has 0 bridgehead atoms. The molecular formula is C19H22ClFN2O3. The highest BCUT2D eigenvalue weighted by Gasteiger charge is 2.27. The third kappa shape index (κ3) is 5.17. The molecule has 0 saturated carbocycles. The van der Waals surface area contributed by atoms with Gasteiger partial charge in [0.05, 0.1) is 12.1 Å². The normalized spacial score (nSPS) is 18.9. The molecule has 1 fully saturated rings. The number of rotatable bonds is 5. The van der Waals surface area contributed by atoms with Crippen LogP contribution >= 0.6 is 12.4 Å². The molecule has 1 saturated heterocycles. The first-order valence-corrected chi connectivity index (χ1v) is 8.23. The van der Waals surface area contributed by atoms with Gasteiger partial charge in [0.15, 0.2) is 0 Å². The summed E-state index contributed by atoms with van der Waals surface area (Å²) in [6, 6.07) is 11.2. The minimum atomic E-state index is -0.458. The van der Waals surface area contributed by atoms with Gasteiger partial charge in [0.25, 0.3) is 0 Å². The van der Waals surface area contributed by atoms with Crippen LogP contribution in [-0.2, 0) is 11.3 Å². The standard InChI is InChI=1S/C19H21FN2O3.ClH/c1-12-8-13(10-22-19(24)17-9-15(23)11-21-17)2-7-18(12)25-16-5-3-14(20)4-6-16;/h2-8,15,17,21,23H,9-11H2,1H3,(H,22,24);1H. The van der Waals surface area contributed by atoms with Crippen molar-refractivity contribution in [1.82, 2.24) is 10.6 Å². The van der Waals surface area contributed by atoms with Crippen molar-refractivity contribution in [2.75, 3.05) is 6.54 Å². The van der Waals surface area contributed by atoms with Crippen LogP contribution in [0.1, 0.15) is 17.5 Å². The van der Waals surface area contributed by atoms with Crippen LogP contribution in [0.5, 0.6) is 11.5 Å². The van der Waals surface area contributed by atoms with E-state index >= 15 is 0 Å². The largest absolute Gasteiger partial charge is 0.457 e. The first kappa shape index (κ1) is 20.2. The number of ether oxygens (including phenoxy) is 1. The van der Waals surface area contributed by atoms with Gasteiger partial charge < -0.3 is 20.5 Å². The van der Waals surface area contributed by atoms with Crippen molar-refractivity contribution in [3.63, 3.8) is 0 Å². The molecule has 2 atom stereocenters. The average Bonchev–Trinajstić information content (AvgIpc) is 3.03. The van der Waals surface area contributed by atoms with Gasteiger partial charge in [-0.1, -0.05) is 12.1 Å². The molecule has 1 heterocycles. The molecule has 2 aromatic rings. The molecule has 5 nitrogen and oxygen atoms in total. The molecule has 3 N–H and O–H groups in total. The van der Waals surface area contributed by atoms with Crippen molar-refractivity contribution in [1.29, 1.82) is 0 Å². The van der Waals surface area contributed by atoms with Gasteiger partial charge in [-0.2, -0.15) is 0 Å². The molecule has 26 heavy (non-hydrogen) atoms. The lowest BCUT2D eigenvalue weighted by molar-refractivity contribution is -0.123. The zero-order valence-corrected chi connectivity index (χ0v) is 15.2. The van der Waals surface area contributed by atoms with Gasteiger partial charge in [0, 0.05) is 13.1 Å². The van der Waals surface area contributed by atoms with Crippen LogP contribution in [0.2, 0.25) is 0 Å². The molecule has 2 unspecified atom stereocenters. The summed E-state index contributed by atoms with van der Waals surface area (Å²) in [4.78, 5) is 12.0. The zero-order chi connectivity index (χ0) is 17.8. The molecule has 0 aromatic heterocycles. The van der Waals surface area contributed by atoms with Crippen LogP contribution in [0.4, 0.5) is 4.39 Å². The van der Waals surface area contributed by atoms with Crippen LogP contribution in [0.3, 0.4) is 0 Å². The lowest BCUT2D eigenvalue weighted by atomic mass is 10.1. The third-order valence-electron chi connectivity index (χ3n) is 4.17. The Labute approximate surface area is 158 Å². The second-order valence-electron chi connectivity index (χ2n) is 6.22. The Bertz CT molecular complexity index is 755. The Balaban J connectivity index is 0.00000243. The van der Waals surface area contributed by atoms with E-state index in [9.17, 15) is 14.3 Å². The topological polar surface area (TPSA) is 70.6 Å². The van der Waals surface area contributed by atoms with Crippen LogP contribution < -0.4 is 15.4 Å². The van der Waals surface area contributed by atoms with Crippen molar-refractivity contribution in [2.45, 2.75) is 32.0 Å². The number of carbonyl (C=O) groups excluding carboxylic acids is 1. The van der Waals surface area contributed by atoms with Crippen LogP contribution in [0.25, 0.3) is 0 Å². The van der Waals surface area contributed by atoms with E-state index in [1.807, 2.05) is 25.1 Å². The zero-order valence-electron chi connectivity index (χ0n) is 14.4. The number of aliphatic hydroxyl groups is 1. The van der Waals surface area contributed by atoms with Gasteiger partial charge in [-0.15, -0.1) is 12.4 Å². The van der Waals surface area contributed by atoms with E-state index in [-0.39, 0.29) is 30.2 Å². The molecule has 1 amide bonds. The predicted octanol–water partition coefficient (Wildman–Crippen LogP) is 2.69. The molecule has 0 aliphatic carbocycles. The average molecular weight is 381 g/mol. The van der Waals surface area contributed by atoms with E-state index in [4.69, 9.17) is 4.74 Å². The predicted molar refractivity (Wildman–Crippen MR) is 99.2 cm³/mol. The fourth-order valence-electron chi connectivity index (χ4n) is 2.79. The first-order valence-electron chi connectivity index (χ1n) is 8.23. The minimum absolute atomic E-state index is 0. The van der Waals surface area contributed by atoms with E-state index in [1.54, 1.807) is 12.1 Å². The van der Waals surface area contributed by atoms with E-state index in [0.717, 1.165) is 11.1 Å². The van der Waals surface area contributed by atoms with Crippen molar-refractivity contribution in [2.24, 2.45) is 0 Å². The smallest absolute Gasteiger partial charge is 0.237 e. The summed E-state index contributed by atoms with van der Waals surface area (Å²) in [6.07, 6.45) is -0.0177. The van der Waals surface area contributed by atoms with E-state index in [2.05, 4.69) is 10.6 Å². The maximum Gasteiger partial charge on any atom is 0.237 e. The highest BCUT2D eigenvalue weighted by Crippen LogP contribution is 2.26. The number of hydrogen-bond donors (Lipinski definition) is 3. The number of hydrogen-bond acceptors (Lipinski definition) is 4. The maximum atomic E-state index is 12.9. The fraction of sp³-hybridized carbons (Fsp3) is 0.316. The summed E-state index contributed by atoms with van der Waals surface area (Å²) >= 11 is 0. The summed E-state index contributed by atoms with van der Waals surface area (Å²) in [5.74, 6) is 0.832. The molecule has 7 heteroatoms. The summed E-state index contributed by atoms with van der Waals surface area (Å²) in [7, 11) is 0. The van der Waals surface area contributed by atoms with Crippen molar-refractivity contribution < 1.29 is 19.0 Å². The van der Waals surface area contributed by atoms with Gasteiger partial charge in [-0.3, -0.25) is 4.79 Å². The lowest BCUT2D eigenvalue weighted by Gasteiger charge is -2.13. The molecule has 0 radical (unpaired) electrons. The quantitative estimate of drug-likeness (QED) is 0.746. The number of halogens is 2. The van der Waals surface area contributed by atoms with Gasteiger partial charge in [0.1, 0.15) is 17.3 Å². The highest BCUT2D eigenvalue weighted by molar-refractivity contribution is 5.85. The van der Waals surface area contributed by atoms with Crippen molar-refractivity contribution in [3.8, 4) is 11.5 Å². The van der Waals surface area contributed by atoms with Gasteiger partial charge in [-0.25, -0.2) is 4.39 Å². The highest BCUT2D eigenvalue weighted by atomic mass is 35.5. The number of aryl methyl sites for hydroxylation is 1. The summed E-state index contributed by atoms with van der Waals surface area (Å²) in [5.41, 5.74) is 1.88. The summed E-state index contributed by atoms with van der Waals surface area (Å²) < 4.78 is 18.7. The molecular weight excluding hydrogens is 359 g/mol. The third-order valence-corrected chi connectivity index (χ3v) is 4.17. The Kier molecular flexibility index (Phi) is 6.97. The van der Waals surface area contributed by atoms with Crippen LogP contribution in [0.15, 0.2) is 42.5 Å². The van der Waals surface area contributed by atoms with E-state index in [1.165, 1.54) is 12.1 Å². The molecule has 140 valence electrons. The van der Waals surface area contributed by atoms with Crippen LogP contribution in [-0.4, -0.2) is 29.7 Å². The number of β-amino-alcohol motifs (C(OH)–C–C–N with tert-alkyl or cyclic N) is 1. The lowest BCUT2D eigenvalue weighted by Crippen LogP contribution is -2.40. The van der Waals surface area contributed by atoms with Gasteiger partial charge >= 0.3 is 0 Å². The second kappa shape index (κ2) is 8.98. The minimum Gasteiger partial charge on any atom is -0.457 e. The first-order chi connectivity index (χ1) is 12.0. The van der Waals surface area contributed by atoms with Crippen LogP contribution in [0, 0.1) is 12.7 Å². The molecule has 0 spiro atoms. The summed E-state index contributed by atoms with van der Waals surface area (Å²) in [5, 5.41) is 15.3. The summed E-state index contributed by atoms with van der Waals surface area (Å²) in [6.45, 7) is 2.77. The number of aliphatic hydroxyl groups excluding tert-OH is 1. The molecule has 2 aromatic carbocycles. The van der Waals surface area contributed by atoms with Crippen molar-refractivity contribution >= 4 is 18.3 Å². The SMILES string of the molecule is Cc1cc(CNC(=O)C2CC(O)CN2)ccc1Oc1ccc(F)cc1.Cl. The number of nitrogens with one attached hydrogen (secondary N) is 2. The maximum absolute atomic E-state index is 12.9. The second-order valence-corrected chi connectivity index (χ2v) is 6.22. The molecule has 3 rings (SSSR count). The molecule has 1 aliphatic heterocycles. The Hall–Kier alpha value is -2.15.